The number of ether oxygens (including phenoxy) is 1. The molecule has 0 saturated carbocycles. The van der Waals surface area contributed by atoms with Crippen molar-refractivity contribution in [2.24, 2.45) is 0 Å². The molecule has 3 heterocycles. The largest absolute Gasteiger partial charge is 0.378 e. The van der Waals surface area contributed by atoms with Crippen LogP contribution in [0.2, 0.25) is 5.28 Å². The second kappa shape index (κ2) is 7.92. The van der Waals surface area contributed by atoms with Crippen molar-refractivity contribution < 1.29 is 4.74 Å². The molecule has 1 saturated heterocycles. The van der Waals surface area contributed by atoms with Crippen LogP contribution in [0.3, 0.4) is 0 Å². The summed E-state index contributed by atoms with van der Waals surface area (Å²) in [6.07, 6.45) is 0. The van der Waals surface area contributed by atoms with Gasteiger partial charge in [-0.1, -0.05) is 44.2 Å². The minimum Gasteiger partial charge on any atom is -0.378 e. The van der Waals surface area contributed by atoms with E-state index in [0.717, 1.165) is 42.3 Å². The number of fused-ring (bicyclic) bond motifs is 1. The van der Waals surface area contributed by atoms with E-state index in [-0.39, 0.29) is 0 Å². The molecule has 1 aliphatic rings. The fraction of sp³-hybridized carbons (Fsp3) is 0.333. The molecule has 3 aromatic rings. The first kappa shape index (κ1) is 17.1. The topological polar surface area (TPSA) is 38.2 Å². The number of aromatic nitrogens is 2. The smallest absolute Gasteiger partial charge is 0.225 e. The Kier molecular flexibility index (Phi) is 5.66. The molecule has 6 heteroatoms. The molecule has 0 bridgehead atoms. The number of hydrogen-bond acceptors (Lipinski definition) is 5. The molecule has 0 amide bonds. The number of anilines is 1. The summed E-state index contributed by atoms with van der Waals surface area (Å²) in [6, 6.07) is 12.5. The molecule has 0 aliphatic carbocycles. The lowest BCUT2D eigenvalue weighted by atomic mass is 10.2. The van der Waals surface area contributed by atoms with E-state index in [1.54, 1.807) is 11.3 Å². The summed E-state index contributed by atoms with van der Waals surface area (Å²) in [5.74, 6) is 0.914. The molecule has 1 aromatic carbocycles. The Morgan fingerprint density at radius 3 is 2.50 bits per heavy atom. The first-order chi connectivity index (χ1) is 11.8. The van der Waals surface area contributed by atoms with Crippen molar-refractivity contribution in [3.05, 3.63) is 41.7 Å². The van der Waals surface area contributed by atoms with Gasteiger partial charge in [-0.05, 0) is 23.2 Å². The van der Waals surface area contributed by atoms with Gasteiger partial charge in [-0.25, -0.2) is 4.98 Å². The van der Waals surface area contributed by atoms with Gasteiger partial charge < -0.3 is 9.64 Å². The predicted molar refractivity (Wildman–Crippen MR) is 102 cm³/mol. The molecule has 0 atom stereocenters. The molecule has 0 radical (unpaired) electrons. The second-order valence-electron chi connectivity index (χ2n) is 5.11. The summed E-state index contributed by atoms with van der Waals surface area (Å²) in [6.45, 7) is 7.11. The Bertz CT molecular complexity index is 801. The standard InChI is InChI=1S/C16H14ClN3OS.C2H6/c17-16-18-14(20-6-8-21-9-7-20)12-10-13(22-15(12)19-16)11-4-2-1-3-5-11;1-2/h1-5,10H,6-9H2;1-2H3. The summed E-state index contributed by atoms with van der Waals surface area (Å²) in [7, 11) is 0. The summed E-state index contributed by atoms with van der Waals surface area (Å²) in [5, 5.41) is 1.37. The molecule has 0 unspecified atom stereocenters. The van der Waals surface area contributed by atoms with Crippen molar-refractivity contribution in [1.29, 1.82) is 0 Å². The van der Waals surface area contributed by atoms with Gasteiger partial charge in [-0.15, -0.1) is 11.3 Å². The number of thiophene rings is 1. The normalized spacial score (nSPS) is 14.4. The Morgan fingerprint density at radius 1 is 1.08 bits per heavy atom. The third kappa shape index (κ3) is 3.53. The lowest BCUT2D eigenvalue weighted by Gasteiger charge is -2.28. The summed E-state index contributed by atoms with van der Waals surface area (Å²) < 4.78 is 5.42. The highest BCUT2D eigenvalue weighted by Crippen LogP contribution is 2.37. The van der Waals surface area contributed by atoms with Gasteiger partial charge in [-0.3, -0.25) is 0 Å². The molecule has 24 heavy (non-hydrogen) atoms. The Labute approximate surface area is 151 Å². The van der Waals surface area contributed by atoms with Crippen molar-refractivity contribution in [2.75, 3.05) is 31.2 Å². The molecular weight excluding hydrogens is 342 g/mol. The van der Waals surface area contributed by atoms with Gasteiger partial charge in [0, 0.05) is 18.0 Å². The predicted octanol–water partition coefficient (Wildman–Crippen LogP) is 4.87. The Morgan fingerprint density at radius 2 is 1.79 bits per heavy atom. The minimum atomic E-state index is 0.301. The van der Waals surface area contributed by atoms with Gasteiger partial charge in [0.2, 0.25) is 5.28 Å². The monoisotopic (exact) mass is 361 g/mol. The van der Waals surface area contributed by atoms with E-state index < -0.39 is 0 Å². The molecule has 126 valence electrons. The third-order valence-corrected chi connectivity index (χ3v) is 4.96. The highest BCUT2D eigenvalue weighted by Gasteiger charge is 2.19. The quantitative estimate of drug-likeness (QED) is 0.610. The average molecular weight is 362 g/mol. The van der Waals surface area contributed by atoms with Crippen LogP contribution in [0.5, 0.6) is 0 Å². The number of hydrogen-bond donors (Lipinski definition) is 0. The van der Waals surface area contributed by atoms with Crippen LogP contribution in [0.4, 0.5) is 5.82 Å². The van der Waals surface area contributed by atoms with E-state index in [1.807, 2.05) is 32.0 Å². The first-order valence-corrected chi connectivity index (χ1v) is 9.36. The lowest BCUT2D eigenvalue weighted by molar-refractivity contribution is 0.122. The first-order valence-electron chi connectivity index (χ1n) is 8.16. The Balaban J connectivity index is 0.000000815. The lowest BCUT2D eigenvalue weighted by Crippen LogP contribution is -2.36. The van der Waals surface area contributed by atoms with E-state index in [2.05, 4.69) is 33.1 Å². The maximum absolute atomic E-state index is 6.12. The number of benzene rings is 1. The molecule has 2 aromatic heterocycles. The SMILES string of the molecule is CC.Clc1nc(N2CCOCC2)c2cc(-c3ccccc3)sc2n1. The van der Waals surface area contributed by atoms with Crippen molar-refractivity contribution in [2.45, 2.75) is 13.8 Å². The van der Waals surface area contributed by atoms with Gasteiger partial charge in [-0.2, -0.15) is 4.98 Å². The number of nitrogens with zero attached hydrogens (tertiary/aromatic N) is 3. The minimum absolute atomic E-state index is 0.301. The number of rotatable bonds is 2. The van der Waals surface area contributed by atoms with Crippen LogP contribution in [-0.2, 0) is 4.74 Å². The molecular formula is C18H20ClN3OS. The molecule has 1 aliphatic heterocycles. The molecule has 0 N–H and O–H groups in total. The highest BCUT2D eigenvalue weighted by molar-refractivity contribution is 7.22. The van der Waals surface area contributed by atoms with Crippen molar-refractivity contribution in [1.82, 2.24) is 9.97 Å². The van der Waals surface area contributed by atoms with Gasteiger partial charge in [0.25, 0.3) is 0 Å². The highest BCUT2D eigenvalue weighted by atomic mass is 35.5. The number of halogens is 1. The van der Waals surface area contributed by atoms with Crippen LogP contribution < -0.4 is 4.90 Å². The van der Waals surface area contributed by atoms with E-state index in [4.69, 9.17) is 16.3 Å². The van der Waals surface area contributed by atoms with Crippen molar-refractivity contribution in [3.8, 4) is 10.4 Å². The number of morpholine rings is 1. The van der Waals surface area contributed by atoms with Crippen LogP contribution in [0, 0.1) is 0 Å². The van der Waals surface area contributed by atoms with E-state index >= 15 is 0 Å². The fourth-order valence-corrected chi connectivity index (χ4v) is 3.89. The zero-order valence-corrected chi connectivity index (χ0v) is 15.4. The van der Waals surface area contributed by atoms with E-state index in [1.165, 1.54) is 10.4 Å². The van der Waals surface area contributed by atoms with Gasteiger partial charge in [0.15, 0.2) is 0 Å². The van der Waals surface area contributed by atoms with Crippen LogP contribution >= 0.6 is 22.9 Å². The molecule has 0 spiro atoms. The summed E-state index contributed by atoms with van der Waals surface area (Å²) >= 11 is 7.77. The van der Waals surface area contributed by atoms with Gasteiger partial charge in [0.1, 0.15) is 10.6 Å². The van der Waals surface area contributed by atoms with Crippen LogP contribution in [0.25, 0.3) is 20.7 Å². The zero-order chi connectivity index (χ0) is 16.9. The zero-order valence-electron chi connectivity index (χ0n) is 13.8. The summed E-state index contributed by atoms with van der Waals surface area (Å²) in [5.41, 5.74) is 1.19. The maximum atomic E-state index is 6.12. The van der Waals surface area contributed by atoms with Crippen LogP contribution in [0.1, 0.15) is 13.8 Å². The molecule has 1 fully saturated rings. The van der Waals surface area contributed by atoms with Crippen molar-refractivity contribution >= 4 is 39.0 Å². The second-order valence-corrected chi connectivity index (χ2v) is 6.48. The third-order valence-electron chi connectivity index (χ3n) is 3.71. The van der Waals surface area contributed by atoms with Crippen LogP contribution in [0.15, 0.2) is 36.4 Å². The van der Waals surface area contributed by atoms with E-state index in [9.17, 15) is 0 Å². The van der Waals surface area contributed by atoms with Gasteiger partial charge >= 0.3 is 0 Å². The van der Waals surface area contributed by atoms with E-state index in [0.29, 0.717) is 5.28 Å². The van der Waals surface area contributed by atoms with Crippen molar-refractivity contribution in [3.63, 3.8) is 0 Å². The summed E-state index contributed by atoms with van der Waals surface area (Å²) in [4.78, 5) is 13.2. The maximum Gasteiger partial charge on any atom is 0.225 e. The molecule has 4 rings (SSSR count). The molecule has 4 nitrogen and oxygen atoms in total. The average Bonchev–Trinajstić information content (AvgIpc) is 3.08. The van der Waals surface area contributed by atoms with Crippen LogP contribution in [-0.4, -0.2) is 36.3 Å². The Hall–Kier alpha value is -1.69. The fourth-order valence-electron chi connectivity index (χ4n) is 2.64. The van der Waals surface area contributed by atoms with Gasteiger partial charge in [0.05, 0.1) is 18.6 Å².